The first-order chi connectivity index (χ1) is 15.8. The molecule has 8 heteroatoms. The molecule has 2 aliphatic carbocycles. The highest BCUT2D eigenvalue weighted by Gasteiger charge is 2.59. The summed E-state index contributed by atoms with van der Waals surface area (Å²) in [6.07, 6.45) is 0.570. The van der Waals surface area contributed by atoms with Crippen LogP contribution in [-0.4, -0.2) is 85.8 Å². The average molecular weight is 487 g/mol. The second-order valence-corrected chi connectivity index (χ2v) is 12.0. The maximum absolute atomic E-state index is 11.5. The lowest BCUT2D eigenvalue weighted by Gasteiger charge is -2.62. The van der Waals surface area contributed by atoms with Crippen LogP contribution in [0, 0.1) is 22.7 Å². The third-order valence-corrected chi connectivity index (χ3v) is 9.54. The van der Waals surface area contributed by atoms with Crippen molar-refractivity contribution in [2.75, 3.05) is 13.2 Å². The van der Waals surface area contributed by atoms with Gasteiger partial charge in [-0.1, -0.05) is 26.3 Å². The normalized spacial score (nSPS) is 49.2. The van der Waals surface area contributed by atoms with Gasteiger partial charge in [-0.15, -0.1) is 6.58 Å². The van der Waals surface area contributed by atoms with E-state index in [1.807, 2.05) is 13.8 Å². The predicted octanol–water partition coefficient (Wildman–Crippen LogP) is 1.49. The Bertz CT molecular complexity index is 713. The molecule has 0 spiro atoms. The van der Waals surface area contributed by atoms with Crippen molar-refractivity contribution in [1.29, 1.82) is 0 Å². The van der Waals surface area contributed by atoms with Crippen LogP contribution in [0.2, 0.25) is 0 Å². The minimum absolute atomic E-state index is 0.0254. The number of aliphatic hydroxyl groups excluding tert-OH is 5. The second kappa shape index (κ2) is 10.1. The van der Waals surface area contributed by atoms with Crippen molar-refractivity contribution < 1.29 is 40.1 Å². The molecule has 1 heterocycles. The van der Waals surface area contributed by atoms with Gasteiger partial charge in [0.05, 0.1) is 17.8 Å². The topological polar surface area (TPSA) is 140 Å². The van der Waals surface area contributed by atoms with E-state index in [4.69, 9.17) is 9.47 Å². The van der Waals surface area contributed by atoms with Crippen molar-refractivity contribution in [3.05, 3.63) is 12.7 Å². The Kier molecular flexibility index (Phi) is 8.28. The molecule has 11 atom stereocenters. The van der Waals surface area contributed by atoms with Gasteiger partial charge in [0.2, 0.25) is 0 Å². The Hall–Kier alpha value is -0.580. The van der Waals surface area contributed by atoms with E-state index in [1.54, 1.807) is 6.08 Å². The number of aliphatic hydroxyl groups is 6. The molecule has 198 valence electrons. The largest absolute Gasteiger partial charge is 0.396 e. The fourth-order valence-corrected chi connectivity index (χ4v) is 7.33. The summed E-state index contributed by atoms with van der Waals surface area (Å²) in [5.41, 5.74) is -2.09. The molecule has 34 heavy (non-hydrogen) atoms. The number of ether oxygens (including phenoxy) is 2. The van der Waals surface area contributed by atoms with E-state index >= 15 is 0 Å². The van der Waals surface area contributed by atoms with Crippen LogP contribution in [0.15, 0.2) is 12.7 Å². The quantitative estimate of drug-likeness (QED) is 0.284. The summed E-state index contributed by atoms with van der Waals surface area (Å²) in [7, 11) is 0. The molecule has 3 aliphatic rings. The summed E-state index contributed by atoms with van der Waals surface area (Å²) in [4.78, 5) is 0. The Labute approximate surface area is 203 Å². The third-order valence-electron chi connectivity index (χ3n) is 9.54. The van der Waals surface area contributed by atoms with Crippen LogP contribution in [-0.2, 0) is 9.47 Å². The van der Waals surface area contributed by atoms with Gasteiger partial charge < -0.3 is 40.1 Å². The van der Waals surface area contributed by atoms with Crippen molar-refractivity contribution in [2.45, 2.75) is 115 Å². The zero-order chi connectivity index (χ0) is 25.5. The summed E-state index contributed by atoms with van der Waals surface area (Å²) in [6.45, 7) is 11.7. The molecule has 0 aromatic heterocycles. The van der Waals surface area contributed by atoms with E-state index in [0.29, 0.717) is 25.2 Å². The zero-order valence-electron chi connectivity index (χ0n) is 21.2. The van der Waals surface area contributed by atoms with Crippen LogP contribution in [0.25, 0.3) is 0 Å². The summed E-state index contributed by atoms with van der Waals surface area (Å²) in [6, 6.07) is 0. The molecule has 2 saturated carbocycles. The highest BCUT2D eigenvalue weighted by Crippen LogP contribution is 2.63. The fourth-order valence-electron chi connectivity index (χ4n) is 7.33. The molecular formula is C26H46O8. The summed E-state index contributed by atoms with van der Waals surface area (Å²) >= 11 is 0. The Morgan fingerprint density at radius 2 is 1.74 bits per heavy atom. The minimum Gasteiger partial charge on any atom is -0.396 e. The smallest absolute Gasteiger partial charge is 0.187 e. The lowest BCUT2D eigenvalue weighted by Crippen LogP contribution is -2.60. The third kappa shape index (κ3) is 4.98. The van der Waals surface area contributed by atoms with Crippen LogP contribution in [0.4, 0.5) is 0 Å². The van der Waals surface area contributed by atoms with Gasteiger partial charge in [0.15, 0.2) is 6.29 Å². The zero-order valence-corrected chi connectivity index (χ0v) is 21.2. The summed E-state index contributed by atoms with van der Waals surface area (Å²) in [5, 5.41) is 61.7. The van der Waals surface area contributed by atoms with Crippen molar-refractivity contribution in [1.82, 2.24) is 0 Å². The minimum atomic E-state index is -1.51. The summed E-state index contributed by atoms with van der Waals surface area (Å²) in [5.74, 6) is 0.285. The monoisotopic (exact) mass is 486 g/mol. The highest BCUT2D eigenvalue weighted by molar-refractivity contribution is 5.09. The molecule has 0 unspecified atom stereocenters. The molecule has 0 amide bonds. The van der Waals surface area contributed by atoms with Crippen LogP contribution < -0.4 is 0 Å². The average Bonchev–Trinajstić information content (AvgIpc) is 2.78. The van der Waals surface area contributed by atoms with E-state index < -0.39 is 48.5 Å². The molecule has 6 N–H and O–H groups in total. The SMILES string of the molecule is C=C[C@](C)(CC[C@H]1[C@]2(C)CCC[C@@](C)(CO)[C@H]2CC[C@@]1(C)O)O[C@@H]1O[C@H](CO)[C@@H](O)[C@H](O)[C@H]1O. The van der Waals surface area contributed by atoms with Gasteiger partial charge in [0.25, 0.3) is 0 Å². The molecule has 0 radical (unpaired) electrons. The maximum atomic E-state index is 11.5. The molecule has 1 saturated heterocycles. The molecule has 3 rings (SSSR count). The van der Waals surface area contributed by atoms with E-state index in [2.05, 4.69) is 20.4 Å². The highest BCUT2D eigenvalue weighted by atomic mass is 16.7. The van der Waals surface area contributed by atoms with Gasteiger partial charge in [0, 0.05) is 6.61 Å². The van der Waals surface area contributed by atoms with Gasteiger partial charge in [-0.2, -0.15) is 0 Å². The van der Waals surface area contributed by atoms with Crippen molar-refractivity contribution in [2.24, 2.45) is 22.7 Å². The Balaban J connectivity index is 1.78. The van der Waals surface area contributed by atoms with Crippen LogP contribution in [0.1, 0.15) is 72.6 Å². The van der Waals surface area contributed by atoms with Crippen LogP contribution in [0.5, 0.6) is 0 Å². The van der Waals surface area contributed by atoms with E-state index in [1.165, 1.54) is 0 Å². The Morgan fingerprint density at radius 3 is 2.32 bits per heavy atom. The first-order valence-electron chi connectivity index (χ1n) is 12.7. The summed E-state index contributed by atoms with van der Waals surface area (Å²) < 4.78 is 11.6. The fraction of sp³-hybridized carbons (Fsp3) is 0.923. The van der Waals surface area contributed by atoms with Crippen molar-refractivity contribution in [3.63, 3.8) is 0 Å². The molecule has 1 aliphatic heterocycles. The lowest BCUT2D eigenvalue weighted by atomic mass is 9.44. The second-order valence-electron chi connectivity index (χ2n) is 12.0. The van der Waals surface area contributed by atoms with E-state index in [-0.39, 0.29) is 23.4 Å². The van der Waals surface area contributed by atoms with Gasteiger partial charge in [-0.3, -0.25) is 0 Å². The first-order valence-corrected chi connectivity index (χ1v) is 12.7. The maximum Gasteiger partial charge on any atom is 0.187 e. The van der Waals surface area contributed by atoms with Crippen molar-refractivity contribution in [3.8, 4) is 0 Å². The Morgan fingerprint density at radius 1 is 1.06 bits per heavy atom. The molecule has 0 bridgehead atoms. The lowest BCUT2D eigenvalue weighted by molar-refractivity contribution is -0.320. The number of hydrogen-bond acceptors (Lipinski definition) is 8. The molecular weight excluding hydrogens is 440 g/mol. The number of hydrogen-bond donors (Lipinski definition) is 6. The predicted molar refractivity (Wildman–Crippen MR) is 127 cm³/mol. The van der Waals surface area contributed by atoms with E-state index in [0.717, 1.165) is 25.7 Å². The molecule has 0 aromatic rings. The van der Waals surface area contributed by atoms with Crippen LogP contribution >= 0.6 is 0 Å². The van der Waals surface area contributed by atoms with Crippen molar-refractivity contribution >= 4 is 0 Å². The number of fused-ring (bicyclic) bond motifs is 1. The molecule has 8 nitrogen and oxygen atoms in total. The van der Waals surface area contributed by atoms with Crippen LogP contribution in [0.3, 0.4) is 0 Å². The van der Waals surface area contributed by atoms with Gasteiger partial charge in [-0.25, -0.2) is 0 Å². The first kappa shape index (κ1) is 28.0. The molecule has 3 fully saturated rings. The number of rotatable bonds is 8. The molecule has 0 aromatic carbocycles. The van der Waals surface area contributed by atoms with Gasteiger partial charge >= 0.3 is 0 Å². The van der Waals surface area contributed by atoms with E-state index in [9.17, 15) is 30.6 Å². The standard InChI is InChI=1S/C26H46O8/c1-6-24(3,34-22-21(31)20(30)19(29)16(14-27)33-22)12-8-18-25(4)11-7-10-23(2,15-28)17(25)9-13-26(18,5)32/h6,16-22,27-32H,1,7-15H2,2-5H3/t16-,17-,18+,19-,20+,21-,22+,23+,24-,25-,26-/m1/s1. The van der Waals surface area contributed by atoms with Gasteiger partial charge in [-0.05, 0) is 75.0 Å². The van der Waals surface area contributed by atoms with Gasteiger partial charge in [0.1, 0.15) is 24.4 Å².